The van der Waals surface area contributed by atoms with Crippen molar-refractivity contribution < 1.29 is 13.2 Å². The zero-order chi connectivity index (χ0) is 13.1. The first-order valence-electron chi connectivity index (χ1n) is 5.86. The minimum atomic E-state index is -1.13. The first-order chi connectivity index (χ1) is 8.65. The molecule has 0 aromatic heterocycles. The summed E-state index contributed by atoms with van der Waals surface area (Å²) in [5.41, 5.74) is -0.257. The highest BCUT2D eigenvalue weighted by Crippen LogP contribution is 2.28. The van der Waals surface area contributed by atoms with Gasteiger partial charge in [-0.15, -0.1) is 6.58 Å². The molecular weight excluding hydrogens is 241 g/mol. The summed E-state index contributed by atoms with van der Waals surface area (Å²) in [6, 6.07) is 1.11. The highest BCUT2D eigenvalue weighted by atomic mass is 19.2. The molecule has 5 heteroatoms. The summed E-state index contributed by atoms with van der Waals surface area (Å²) >= 11 is 0. The van der Waals surface area contributed by atoms with Crippen LogP contribution in [0.1, 0.15) is 11.6 Å². The van der Waals surface area contributed by atoms with Gasteiger partial charge in [0.1, 0.15) is 5.82 Å². The summed E-state index contributed by atoms with van der Waals surface area (Å²) in [6.07, 6.45) is 1.45. The third-order valence-corrected chi connectivity index (χ3v) is 3.14. The largest absolute Gasteiger partial charge is 0.314 e. The van der Waals surface area contributed by atoms with Crippen LogP contribution in [0.2, 0.25) is 0 Å². The minimum absolute atomic E-state index is 0.257. The topological polar surface area (TPSA) is 15.3 Å². The Morgan fingerprint density at radius 1 is 1.17 bits per heavy atom. The van der Waals surface area contributed by atoms with E-state index in [1.807, 2.05) is 4.90 Å². The standard InChI is InChI=1S/C13H15F3N2/c1-2-11(18-7-5-17-6-8-18)12-9(14)3-4-10(15)13(12)16/h2-4,11,17H,1,5-8H2/t11-/m0/s1. The second kappa shape index (κ2) is 5.54. The van der Waals surface area contributed by atoms with Crippen molar-refractivity contribution >= 4 is 0 Å². The number of hydrogen-bond acceptors (Lipinski definition) is 2. The number of nitrogens with zero attached hydrogens (tertiary/aromatic N) is 1. The van der Waals surface area contributed by atoms with E-state index in [-0.39, 0.29) is 5.56 Å². The van der Waals surface area contributed by atoms with Crippen molar-refractivity contribution in [1.82, 2.24) is 10.2 Å². The number of rotatable bonds is 3. The van der Waals surface area contributed by atoms with Crippen LogP contribution in [-0.4, -0.2) is 31.1 Å². The molecule has 1 aliphatic rings. The monoisotopic (exact) mass is 256 g/mol. The van der Waals surface area contributed by atoms with Crippen molar-refractivity contribution in [3.63, 3.8) is 0 Å². The van der Waals surface area contributed by atoms with Crippen LogP contribution < -0.4 is 5.32 Å². The van der Waals surface area contributed by atoms with E-state index >= 15 is 0 Å². The molecule has 1 aromatic carbocycles. The molecule has 0 amide bonds. The van der Waals surface area contributed by atoms with E-state index in [0.29, 0.717) is 13.1 Å². The van der Waals surface area contributed by atoms with Crippen molar-refractivity contribution in [2.24, 2.45) is 0 Å². The first-order valence-corrected chi connectivity index (χ1v) is 5.86. The molecule has 18 heavy (non-hydrogen) atoms. The second-order valence-electron chi connectivity index (χ2n) is 4.22. The Labute approximate surface area is 104 Å². The van der Waals surface area contributed by atoms with E-state index in [1.165, 1.54) is 6.08 Å². The Morgan fingerprint density at radius 2 is 1.78 bits per heavy atom. The maximum atomic E-state index is 13.7. The van der Waals surface area contributed by atoms with Gasteiger partial charge in [-0.05, 0) is 12.1 Å². The van der Waals surface area contributed by atoms with E-state index in [1.54, 1.807) is 0 Å². The van der Waals surface area contributed by atoms with E-state index in [2.05, 4.69) is 11.9 Å². The van der Waals surface area contributed by atoms with Crippen LogP contribution in [0.15, 0.2) is 24.8 Å². The Bertz CT molecular complexity index is 442. The zero-order valence-electron chi connectivity index (χ0n) is 9.93. The second-order valence-corrected chi connectivity index (χ2v) is 4.22. The Kier molecular flexibility index (Phi) is 4.04. The van der Waals surface area contributed by atoms with E-state index < -0.39 is 23.5 Å². The summed E-state index contributed by atoms with van der Waals surface area (Å²) in [5, 5.41) is 3.15. The molecule has 1 atom stereocenters. The van der Waals surface area contributed by atoms with Gasteiger partial charge < -0.3 is 5.32 Å². The summed E-state index contributed by atoms with van der Waals surface area (Å²) in [5.74, 6) is -2.90. The molecule has 1 heterocycles. The highest BCUT2D eigenvalue weighted by Gasteiger charge is 2.26. The molecular formula is C13H15F3N2. The molecule has 0 spiro atoms. The summed E-state index contributed by atoms with van der Waals surface area (Å²) in [4.78, 5) is 1.88. The predicted molar refractivity (Wildman–Crippen MR) is 63.7 cm³/mol. The van der Waals surface area contributed by atoms with Crippen LogP contribution in [0.5, 0.6) is 0 Å². The molecule has 0 saturated carbocycles. The molecule has 1 aliphatic heterocycles. The molecule has 2 rings (SSSR count). The molecule has 1 aromatic rings. The Balaban J connectivity index is 2.37. The molecule has 0 radical (unpaired) electrons. The lowest BCUT2D eigenvalue weighted by Crippen LogP contribution is -2.45. The number of nitrogens with one attached hydrogen (secondary N) is 1. The molecule has 0 aliphatic carbocycles. The quantitative estimate of drug-likeness (QED) is 0.659. The van der Waals surface area contributed by atoms with Crippen LogP contribution in [0.4, 0.5) is 13.2 Å². The molecule has 2 nitrogen and oxygen atoms in total. The van der Waals surface area contributed by atoms with Crippen LogP contribution in [0.25, 0.3) is 0 Å². The van der Waals surface area contributed by atoms with Crippen molar-refractivity contribution in [2.45, 2.75) is 6.04 Å². The highest BCUT2D eigenvalue weighted by molar-refractivity contribution is 5.27. The van der Waals surface area contributed by atoms with Crippen molar-refractivity contribution in [1.29, 1.82) is 0 Å². The van der Waals surface area contributed by atoms with Crippen LogP contribution >= 0.6 is 0 Å². The van der Waals surface area contributed by atoms with Gasteiger partial charge in [-0.25, -0.2) is 13.2 Å². The third kappa shape index (κ3) is 2.42. The minimum Gasteiger partial charge on any atom is -0.314 e. The van der Waals surface area contributed by atoms with Gasteiger partial charge in [-0.2, -0.15) is 0 Å². The van der Waals surface area contributed by atoms with Crippen molar-refractivity contribution in [3.05, 3.63) is 47.8 Å². The normalized spacial score (nSPS) is 18.6. The number of piperazine rings is 1. The smallest absolute Gasteiger partial charge is 0.166 e. The predicted octanol–water partition coefficient (Wildman–Crippen LogP) is 2.24. The van der Waals surface area contributed by atoms with Gasteiger partial charge in [-0.1, -0.05) is 6.08 Å². The lowest BCUT2D eigenvalue weighted by Gasteiger charge is -2.33. The van der Waals surface area contributed by atoms with E-state index in [4.69, 9.17) is 0 Å². The average molecular weight is 256 g/mol. The molecule has 1 fully saturated rings. The van der Waals surface area contributed by atoms with E-state index in [9.17, 15) is 13.2 Å². The number of halogens is 3. The van der Waals surface area contributed by atoms with Gasteiger partial charge in [0.15, 0.2) is 11.6 Å². The summed E-state index contributed by atoms with van der Waals surface area (Å²) in [7, 11) is 0. The molecule has 1 saturated heterocycles. The van der Waals surface area contributed by atoms with Gasteiger partial charge >= 0.3 is 0 Å². The van der Waals surface area contributed by atoms with Gasteiger partial charge in [0.05, 0.1) is 6.04 Å². The number of hydrogen-bond donors (Lipinski definition) is 1. The Hall–Kier alpha value is -1.33. The van der Waals surface area contributed by atoms with Crippen LogP contribution in [-0.2, 0) is 0 Å². The fourth-order valence-electron chi connectivity index (χ4n) is 2.22. The van der Waals surface area contributed by atoms with Crippen LogP contribution in [0, 0.1) is 17.5 Å². The lowest BCUT2D eigenvalue weighted by atomic mass is 10.0. The van der Waals surface area contributed by atoms with Gasteiger partial charge in [0, 0.05) is 31.7 Å². The zero-order valence-corrected chi connectivity index (χ0v) is 9.93. The maximum Gasteiger partial charge on any atom is 0.166 e. The molecule has 1 N–H and O–H groups in total. The fourth-order valence-corrected chi connectivity index (χ4v) is 2.22. The maximum absolute atomic E-state index is 13.7. The first kappa shape index (κ1) is 13.1. The fraction of sp³-hybridized carbons (Fsp3) is 0.385. The van der Waals surface area contributed by atoms with Gasteiger partial charge in [-0.3, -0.25) is 4.90 Å². The summed E-state index contributed by atoms with van der Waals surface area (Å²) in [6.45, 7) is 6.37. The van der Waals surface area contributed by atoms with Crippen molar-refractivity contribution in [3.8, 4) is 0 Å². The average Bonchev–Trinajstić information content (AvgIpc) is 2.40. The molecule has 0 bridgehead atoms. The number of benzene rings is 1. The van der Waals surface area contributed by atoms with Gasteiger partial charge in [0.2, 0.25) is 0 Å². The SMILES string of the molecule is C=C[C@@H](c1c(F)ccc(F)c1F)N1CCNCC1. The van der Waals surface area contributed by atoms with Crippen molar-refractivity contribution in [2.75, 3.05) is 26.2 Å². The lowest BCUT2D eigenvalue weighted by molar-refractivity contribution is 0.196. The Morgan fingerprint density at radius 3 is 2.39 bits per heavy atom. The molecule has 0 unspecified atom stereocenters. The van der Waals surface area contributed by atoms with E-state index in [0.717, 1.165) is 25.2 Å². The molecule has 98 valence electrons. The van der Waals surface area contributed by atoms with Gasteiger partial charge in [0.25, 0.3) is 0 Å². The summed E-state index contributed by atoms with van der Waals surface area (Å²) < 4.78 is 40.7. The third-order valence-electron chi connectivity index (χ3n) is 3.14. The van der Waals surface area contributed by atoms with Crippen LogP contribution in [0.3, 0.4) is 0 Å².